The third-order valence-corrected chi connectivity index (χ3v) is 3.48. The van der Waals surface area contributed by atoms with Crippen LogP contribution in [0.5, 0.6) is 0 Å². The van der Waals surface area contributed by atoms with Crippen LogP contribution in [-0.2, 0) is 11.2 Å². The minimum absolute atomic E-state index is 0.0493. The van der Waals surface area contributed by atoms with Crippen molar-refractivity contribution in [1.82, 2.24) is 0 Å². The van der Waals surface area contributed by atoms with E-state index in [-0.39, 0.29) is 10.6 Å². The summed E-state index contributed by atoms with van der Waals surface area (Å²) >= 11 is 6.86. The van der Waals surface area contributed by atoms with Gasteiger partial charge in [-0.3, -0.25) is 4.79 Å². The highest BCUT2D eigenvalue weighted by atomic mass is 79.9. The van der Waals surface area contributed by atoms with E-state index in [0.717, 1.165) is 17.3 Å². The highest BCUT2D eigenvalue weighted by Crippen LogP contribution is 2.17. The molecule has 0 saturated heterocycles. The van der Waals surface area contributed by atoms with Gasteiger partial charge in [0.25, 0.3) is 0 Å². The van der Waals surface area contributed by atoms with Gasteiger partial charge in [-0.15, -0.1) is 0 Å². The number of carbonyl (C=O) groups excluding carboxylic acids is 1. The van der Waals surface area contributed by atoms with Crippen LogP contribution in [0.25, 0.3) is 0 Å². The molecule has 0 fully saturated rings. The zero-order chi connectivity index (χ0) is 11.3. The Bertz CT molecular complexity index is 336. The Morgan fingerprint density at radius 1 is 1.47 bits per heavy atom. The average molecular weight is 334 g/mol. The van der Waals surface area contributed by atoms with Gasteiger partial charge < -0.3 is 0 Å². The lowest BCUT2D eigenvalue weighted by Gasteiger charge is -2.08. The fraction of sp³-hybridized carbons (Fsp3) is 0.417. The molecule has 0 amide bonds. The van der Waals surface area contributed by atoms with Crippen molar-refractivity contribution < 1.29 is 4.79 Å². The molecule has 1 aromatic carbocycles. The van der Waals surface area contributed by atoms with Gasteiger partial charge in [-0.1, -0.05) is 50.9 Å². The first-order chi connectivity index (χ1) is 7.13. The van der Waals surface area contributed by atoms with E-state index in [1.54, 1.807) is 0 Å². The number of benzene rings is 1. The number of ketones is 1. The van der Waals surface area contributed by atoms with Crippen LogP contribution in [0.2, 0.25) is 0 Å². The van der Waals surface area contributed by atoms with Crippen LogP contribution >= 0.6 is 31.9 Å². The largest absolute Gasteiger partial charge is 0.298 e. The molecule has 0 bridgehead atoms. The highest BCUT2D eigenvalue weighted by Gasteiger charge is 2.14. The van der Waals surface area contributed by atoms with E-state index >= 15 is 0 Å². The Kier molecular flexibility index (Phi) is 5.54. The molecule has 82 valence electrons. The quantitative estimate of drug-likeness (QED) is 0.740. The Morgan fingerprint density at radius 2 is 2.20 bits per heavy atom. The van der Waals surface area contributed by atoms with Crippen LogP contribution in [0, 0.1) is 0 Å². The lowest BCUT2D eigenvalue weighted by atomic mass is 10.1. The molecule has 0 radical (unpaired) electrons. The Morgan fingerprint density at radius 3 is 2.80 bits per heavy atom. The van der Waals surface area contributed by atoms with Crippen LogP contribution < -0.4 is 0 Å². The number of halogens is 2. The first-order valence-electron chi connectivity index (χ1n) is 5.04. The van der Waals surface area contributed by atoms with Crippen molar-refractivity contribution in [3.63, 3.8) is 0 Å². The summed E-state index contributed by atoms with van der Waals surface area (Å²) in [7, 11) is 0. The molecule has 0 aliphatic heterocycles. The van der Waals surface area contributed by atoms with Crippen molar-refractivity contribution in [3.05, 3.63) is 34.3 Å². The standard InChI is InChI=1S/C12H14Br2O/c1-2-4-12(15)11(14)8-9-5-3-6-10(13)7-9/h3,5-7,11H,2,4,8H2,1H3. The number of hydrogen-bond donors (Lipinski definition) is 0. The summed E-state index contributed by atoms with van der Waals surface area (Å²) < 4.78 is 1.06. The van der Waals surface area contributed by atoms with Crippen LogP contribution in [0.3, 0.4) is 0 Å². The molecule has 0 heterocycles. The fourth-order valence-corrected chi connectivity index (χ4v) is 2.44. The van der Waals surface area contributed by atoms with Gasteiger partial charge in [-0.2, -0.15) is 0 Å². The van der Waals surface area contributed by atoms with Crippen LogP contribution in [0.1, 0.15) is 25.3 Å². The number of hydrogen-bond acceptors (Lipinski definition) is 1. The predicted molar refractivity (Wildman–Crippen MR) is 70.5 cm³/mol. The number of alkyl halides is 1. The third kappa shape index (κ3) is 4.47. The van der Waals surface area contributed by atoms with E-state index in [9.17, 15) is 4.79 Å². The molecule has 1 atom stereocenters. The maximum atomic E-state index is 11.6. The van der Waals surface area contributed by atoms with Gasteiger partial charge in [0.2, 0.25) is 0 Å². The first-order valence-corrected chi connectivity index (χ1v) is 6.75. The fourth-order valence-electron chi connectivity index (χ4n) is 1.39. The second kappa shape index (κ2) is 6.44. The summed E-state index contributed by atoms with van der Waals surface area (Å²) in [6.45, 7) is 2.02. The van der Waals surface area contributed by atoms with Gasteiger partial charge in [0.05, 0.1) is 4.83 Å². The van der Waals surface area contributed by atoms with E-state index < -0.39 is 0 Å². The SMILES string of the molecule is CCCC(=O)C(Br)Cc1cccc(Br)c1. The van der Waals surface area contributed by atoms with Crippen molar-refractivity contribution in [3.8, 4) is 0 Å². The molecular formula is C12H14Br2O. The average Bonchev–Trinajstić information content (AvgIpc) is 2.18. The molecule has 1 aromatic rings. The van der Waals surface area contributed by atoms with Gasteiger partial charge >= 0.3 is 0 Å². The number of carbonyl (C=O) groups is 1. The molecule has 0 aliphatic carbocycles. The second-order valence-electron chi connectivity index (χ2n) is 3.52. The molecule has 1 nitrogen and oxygen atoms in total. The first kappa shape index (κ1) is 12.9. The van der Waals surface area contributed by atoms with E-state index in [2.05, 4.69) is 31.9 Å². The molecule has 0 N–H and O–H groups in total. The molecule has 15 heavy (non-hydrogen) atoms. The second-order valence-corrected chi connectivity index (χ2v) is 5.54. The Labute approximate surface area is 108 Å². The minimum atomic E-state index is -0.0493. The molecule has 3 heteroatoms. The zero-order valence-corrected chi connectivity index (χ0v) is 11.8. The van der Waals surface area contributed by atoms with Gasteiger partial charge in [0.15, 0.2) is 0 Å². The zero-order valence-electron chi connectivity index (χ0n) is 8.67. The smallest absolute Gasteiger partial charge is 0.146 e. The number of rotatable bonds is 5. The maximum Gasteiger partial charge on any atom is 0.146 e. The summed E-state index contributed by atoms with van der Waals surface area (Å²) in [4.78, 5) is 11.5. The van der Waals surface area contributed by atoms with E-state index in [1.807, 2.05) is 31.2 Å². The molecule has 0 spiro atoms. The predicted octanol–water partition coefficient (Wildman–Crippen LogP) is 4.12. The van der Waals surface area contributed by atoms with E-state index in [4.69, 9.17) is 0 Å². The highest BCUT2D eigenvalue weighted by molar-refractivity contribution is 9.10. The molecule has 0 aliphatic rings. The maximum absolute atomic E-state index is 11.6. The van der Waals surface area contributed by atoms with Crippen molar-refractivity contribution in [1.29, 1.82) is 0 Å². The molecule has 0 aromatic heterocycles. The van der Waals surface area contributed by atoms with Gasteiger partial charge in [-0.25, -0.2) is 0 Å². The Hall–Kier alpha value is -0.150. The summed E-state index contributed by atoms with van der Waals surface area (Å²) in [6.07, 6.45) is 2.33. The monoisotopic (exact) mass is 332 g/mol. The third-order valence-electron chi connectivity index (χ3n) is 2.15. The molecule has 0 saturated carbocycles. The lowest BCUT2D eigenvalue weighted by molar-refractivity contribution is -0.118. The summed E-state index contributed by atoms with van der Waals surface area (Å²) in [6, 6.07) is 8.07. The van der Waals surface area contributed by atoms with E-state index in [1.165, 1.54) is 5.56 Å². The summed E-state index contributed by atoms with van der Waals surface area (Å²) in [5.41, 5.74) is 1.18. The Balaban J connectivity index is 2.58. The van der Waals surface area contributed by atoms with Crippen molar-refractivity contribution >= 4 is 37.6 Å². The number of Topliss-reactive ketones (excluding diaryl/α,β-unsaturated/α-hetero) is 1. The topological polar surface area (TPSA) is 17.1 Å². The lowest BCUT2D eigenvalue weighted by Crippen LogP contribution is -2.16. The van der Waals surface area contributed by atoms with E-state index in [0.29, 0.717) is 6.42 Å². The van der Waals surface area contributed by atoms with Gasteiger partial charge in [-0.05, 0) is 30.5 Å². The van der Waals surface area contributed by atoms with Gasteiger partial charge in [0.1, 0.15) is 5.78 Å². The van der Waals surface area contributed by atoms with Crippen LogP contribution in [-0.4, -0.2) is 10.6 Å². The normalized spacial score (nSPS) is 12.5. The van der Waals surface area contributed by atoms with Crippen LogP contribution in [0.4, 0.5) is 0 Å². The van der Waals surface area contributed by atoms with Crippen molar-refractivity contribution in [2.75, 3.05) is 0 Å². The summed E-state index contributed by atoms with van der Waals surface area (Å²) in [5.74, 6) is 0.289. The minimum Gasteiger partial charge on any atom is -0.298 e. The van der Waals surface area contributed by atoms with Crippen molar-refractivity contribution in [2.24, 2.45) is 0 Å². The van der Waals surface area contributed by atoms with Gasteiger partial charge in [0, 0.05) is 10.9 Å². The molecule has 1 unspecified atom stereocenters. The molecule has 1 rings (SSSR count). The summed E-state index contributed by atoms with van der Waals surface area (Å²) in [5, 5.41) is 0. The van der Waals surface area contributed by atoms with Crippen LogP contribution in [0.15, 0.2) is 28.7 Å². The van der Waals surface area contributed by atoms with Crippen molar-refractivity contribution in [2.45, 2.75) is 31.0 Å². The molecular weight excluding hydrogens is 320 g/mol.